The van der Waals surface area contributed by atoms with Crippen molar-refractivity contribution in [3.05, 3.63) is 17.5 Å². The van der Waals surface area contributed by atoms with E-state index in [0.717, 1.165) is 0 Å². The van der Waals surface area contributed by atoms with Crippen molar-refractivity contribution in [3.8, 4) is 11.5 Å². The fraction of sp³-hybridized carbons (Fsp3) is 0.375. The van der Waals surface area contributed by atoms with Crippen molar-refractivity contribution >= 4 is 11.6 Å². The Balaban J connectivity index is 3.47. The van der Waals surface area contributed by atoms with Crippen LogP contribution in [-0.4, -0.2) is 16.5 Å². The van der Waals surface area contributed by atoms with E-state index >= 15 is 0 Å². The first-order valence-corrected chi connectivity index (χ1v) is 4.69. The zero-order valence-corrected chi connectivity index (χ0v) is 8.99. The number of alkyl halides is 7. The summed E-state index contributed by atoms with van der Waals surface area (Å²) in [6.45, 7) is 0. The van der Waals surface area contributed by atoms with E-state index in [-0.39, 0.29) is 0 Å². The van der Waals surface area contributed by atoms with Gasteiger partial charge in [-0.3, -0.25) is 4.98 Å². The van der Waals surface area contributed by atoms with E-state index in [4.69, 9.17) is 16.7 Å². The van der Waals surface area contributed by atoms with Crippen LogP contribution >= 0.6 is 11.6 Å². The Morgan fingerprint density at radius 2 is 1.78 bits per heavy atom. The number of aromatic hydroxyl groups is 1. The average Bonchev–Trinajstić information content (AvgIpc) is 2.13. The molecule has 0 atom stereocenters. The molecule has 0 aliphatic carbocycles. The lowest BCUT2D eigenvalue weighted by atomic mass is 10.2. The van der Waals surface area contributed by atoms with Gasteiger partial charge < -0.3 is 9.84 Å². The molecule has 0 saturated heterocycles. The van der Waals surface area contributed by atoms with Gasteiger partial charge in [0.05, 0.1) is 17.8 Å². The molecular weight excluding hydrogens is 292 g/mol. The van der Waals surface area contributed by atoms with Gasteiger partial charge in [-0.15, -0.1) is 24.8 Å². The molecule has 1 aromatic heterocycles. The first kappa shape index (κ1) is 14.7. The van der Waals surface area contributed by atoms with Crippen LogP contribution < -0.4 is 4.74 Å². The number of hydrogen-bond acceptors (Lipinski definition) is 3. The number of halogens is 7. The molecule has 18 heavy (non-hydrogen) atoms. The number of ether oxygens (including phenoxy) is 1. The zero-order chi connectivity index (χ0) is 14.1. The molecule has 0 radical (unpaired) electrons. The molecule has 1 N–H and O–H groups in total. The van der Waals surface area contributed by atoms with Gasteiger partial charge in [0.1, 0.15) is 11.3 Å². The molecule has 3 nitrogen and oxygen atoms in total. The van der Waals surface area contributed by atoms with Gasteiger partial charge in [0, 0.05) is 0 Å². The molecule has 1 heterocycles. The minimum Gasteiger partial charge on any atom is -0.506 e. The van der Waals surface area contributed by atoms with Crippen molar-refractivity contribution < 1.29 is 36.2 Å². The van der Waals surface area contributed by atoms with Crippen LogP contribution in [-0.2, 0) is 12.1 Å². The Labute approximate surface area is 101 Å². The summed E-state index contributed by atoms with van der Waals surface area (Å²) < 4.78 is 76.8. The third-order valence-electron chi connectivity index (χ3n) is 1.72. The number of aromatic nitrogens is 1. The molecule has 0 saturated carbocycles. The van der Waals surface area contributed by atoms with Crippen LogP contribution in [0.3, 0.4) is 0 Å². The van der Waals surface area contributed by atoms with E-state index in [2.05, 4.69) is 9.72 Å². The maximum Gasteiger partial charge on any atom is 0.573 e. The molecule has 0 aromatic carbocycles. The van der Waals surface area contributed by atoms with Gasteiger partial charge in [-0.25, -0.2) is 0 Å². The van der Waals surface area contributed by atoms with Gasteiger partial charge in [0.15, 0.2) is 5.75 Å². The fourth-order valence-electron chi connectivity index (χ4n) is 1.12. The SMILES string of the molecule is Oc1cnc(CCl)c(OC(F)(F)F)c1C(F)(F)F. The summed E-state index contributed by atoms with van der Waals surface area (Å²) >= 11 is 5.18. The van der Waals surface area contributed by atoms with E-state index in [0.29, 0.717) is 6.20 Å². The van der Waals surface area contributed by atoms with Gasteiger partial charge in [-0.2, -0.15) is 13.2 Å². The Kier molecular flexibility index (Phi) is 3.84. The molecule has 0 aliphatic heterocycles. The maximum atomic E-state index is 12.5. The van der Waals surface area contributed by atoms with Crippen molar-refractivity contribution in [2.24, 2.45) is 0 Å². The molecule has 0 amide bonds. The van der Waals surface area contributed by atoms with Gasteiger partial charge in [-0.1, -0.05) is 0 Å². The van der Waals surface area contributed by atoms with Crippen molar-refractivity contribution in [1.82, 2.24) is 4.98 Å². The van der Waals surface area contributed by atoms with Crippen molar-refractivity contribution in [3.63, 3.8) is 0 Å². The fourth-order valence-corrected chi connectivity index (χ4v) is 1.31. The second kappa shape index (κ2) is 4.71. The highest BCUT2D eigenvalue weighted by atomic mass is 35.5. The third kappa shape index (κ3) is 3.31. The lowest BCUT2D eigenvalue weighted by molar-refractivity contribution is -0.276. The van der Waals surface area contributed by atoms with Crippen LogP contribution in [0.15, 0.2) is 6.20 Å². The van der Waals surface area contributed by atoms with Crippen molar-refractivity contribution in [1.29, 1.82) is 0 Å². The zero-order valence-electron chi connectivity index (χ0n) is 8.23. The maximum absolute atomic E-state index is 12.5. The summed E-state index contributed by atoms with van der Waals surface area (Å²) in [7, 11) is 0. The topological polar surface area (TPSA) is 42.4 Å². The smallest absolute Gasteiger partial charge is 0.506 e. The Morgan fingerprint density at radius 3 is 2.17 bits per heavy atom. The summed E-state index contributed by atoms with van der Waals surface area (Å²) in [5, 5.41) is 8.97. The van der Waals surface area contributed by atoms with Crippen LogP contribution in [0, 0.1) is 0 Å². The van der Waals surface area contributed by atoms with Gasteiger partial charge >= 0.3 is 12.5 Å². The quantitative estimate of drug-likeness (QED) is 0.671. The highest BCUT2D eigenvalue weighted by molar-refractivity contribution is 6.17. The van der Waals surface area contributed by atoms with E-state index in [1.54, 1.807) is 0 Å². The second-order valence-electron chi connectivity index (χ2n) is 2.97. The van der Waals surface area contributed by atoms with Crippen LogP contribution in [0.25, 0.3) is 0 Å². The molecule has 0 fully saturated rings. The van der Waals surface area contributed by atoms with Crippen LogP contribution in [0.4, 0.5) is 26.3 Å². The Bertz CT molecular complexity index is 444. The van der Waals surface area contributed by atoms with E-state index in [1.807, 2.05) is 0 Å². The predicted octanol–water partition coefficient (Wildman–Crippen LogP) is 3.44. The standard InChI is InChI=1S/C8H4ClF6NO2/c9-1-3-6(18-8(13,14)15)5(7(10,11)12)4(17)2-16-3/h2,17H,1H2. The number of rotatable bonds is 2. The lowest BCUT2D eigenvalue weighted by Crippen LogP contribution is -2.21. The largest absolute Gasteiger partial charge is 0.573 e. The summed E-state index contributed by atoms with van der Waals surface area (Å²) in [4.78, 5) is 3.15. The number of hydrogen-bond donors (Lipinski definition) is 1. The van der Waals surface area contributed by atoms with Crippen LogP contribution in [0.5, 0.6) is 11.5 Å². The van der Waals surface area contributed by atoms with Crippen molar-refractivity contribution in [2.45, 2.75) is 18.4 Å². The molecule has 1 rings (SSSR count). The van der Waals surface area contributed by atoms with E-state index < -0.39 is 41.2 Å². The van der Waals surface area contributed by atoms with E-state index in [1.165, 1.54) is 0 Å². The third-order valence-corrected chi connectivity index (χ3v) is 1.97. The average molecular weight is 296 g/mol. The lowest BCUT2D eigenvalue weighted by Gasteiger charge is -2.18. The monoisotopic (exact) mass is 295 g/mol. The molecule has 102 valence electrons. The first-order chi connectivity index (χ1) is 8.06. The van der Waals surface area contributed by atoms with Crippen LogP contribution in [0.2, 0.25) is 0 Å². The van der Waals surface area contributed by atoms with Gasteiger partial charge in [0.2, 0.25) is 0 Å². The highest BCUT2D eigenvalue weighted by Crippen LogP contribution is 2.44. The molecule has 1 aromatic rings. The molecule has 0 unspecified atom stereocenters. The summed E-state index contributed by atoms with van der Waals surface area (Å²) in [5.41, 5.74) is -2.75. The highest BCUT2D eigenvalue weighted by Gasteiger charge is 2.43. The predicted molar refractivity (Wildman–Crippen MR) is 47.1 cm³/mol. The minimum absolute atomic E-state index is 0.351. The van der Waals surface area contributed by atoms with E-state index in [9.17, 15) is 26.3 Å². The molecular formula is C8H4ClF6NO2. The van der Waals surface area contributed by atoms with Crippen LogP contribution in [0.1, 0.15) is 11.3 Å². The van der Waals surface area contributed by atoms with Crippen molar-refractivity contribution in [2.75, 3.05) is 0 Å². The summed E-state index contributed by atoms with van der Waals surface area (Å²) in [5.74, 6) is -3.87. The number of pyridine rings is 1. The molecule has 0 spiro atoms. The summed E-state index contributed by atoms with van der Waals surface area (Å²) in [6.07, 6.45) is -10.3. The Morgan fingerprint density at radius 1 is 1.22 bits per heavy atom. The Hall–Kier alpha value is -1.38. The minimum atomic E-state index is -5.36. The van der Waals surface area contributed by atoms with Gasteiger partial charge in [-0.05, 0) is 0 Å². The second-order valence-corrected chi connectivity index (χ2v) is 3.24. The molecule has 0 bridgehead atoms. The number of nitrogens with zero attached hydrogens (tertiary/aromatic N) is 1. The molecule has 10 heteroatoms. The first-order valence-electron chi connectivity index (χ1n) is 4.16. The molecule has 0 aliphatic rings. The normalized spacial score (nSPS) is 12.6. The van der Waals surface area contributed by atoms with Gasteiger partial charge in [0.25, 0.3) is 0 Å². The summed E-state index contributed by atoms with van der Waals surface area (Å²) in [6, 6.07) is 0.